The molecule has 0 aliphatic carbocycles. The first kappa shape index (κ1) is 9.07. The normalized spacial score (nSPS) is 8.22. The maximum absolute atomic E-state index is 3.97. The fourth-order valence-corrected chi connectivity index (χ4v) is 0.609. The average Bonchev–Trinajstić information content (AvgIpc) is 1.64. The van der Waals surface area contributed by atoms with Crippen molar-refractivity contribution in [1.82, 2.24) is 9.97 Å². The summed E-state index contributed by atoms with van der Waals surface area (Å²) in [5.74, 6) is 0.706. The van der Waals surface area contributed by atoms with Crippen LogP contribution in [0.4, 0.5) is 0 Å². The average molecular weight is 315 g/mol. The molecular weight excluding hydrogens is 310 g/mol. The topological polar surface area (TPSA) is 25.8 Å². The molecule has 49 valence electrons. The van der Waals surface area contributed by atoms with Crippen molar-refractivity contribution < 1.29 is 19.8 Å². The van der Waals surface area contributed by atoms with Gasteiger partial charge < -0.3 is 9.97 Å². The Morgan fingerprint density at radius 3 is 2.67 bits per heavy atom. The number of thiol groups is 1. The van der Waals surface area contributed by atoms with Crippen LogP contribution in [-0.4, -0.2) is 9.97 Å². The van der Waals surface area contributed by atoms with Crippen LogP contribution in [0.15, 0.2) is 11.1 Å². The first-order valence-corrected chi connectivity index (χ1v) is 2.64. The first-order chi connectivity index (χ1) is 3.79. The van der Waals surface area contributed by atoms with Gasteiger partial charge in [0.2, 0.25) is 0 Å². The number of nitrogens with zero attached hydrogens (tertiary/aromatic N) is 2. The van der Waals surface area contributed by atoms with Crippen LogP contribution in [0.25, 0.3) is 0 Å². The van der Waals surface area contributed by atoms with E-state index >= 15 is 0 Å². The molecular formula is C5H5N2OsS. The summed E-state index contributed by atoms with van der Waals surface area (Å²) < 4.78 is 0. The monoisotopic (exact) mass is 317 g/mol. The van der Waals surface area contributed by atoms with Gasteiger partial charge in [0.15, 0.2) is 0 Å². The Kier molecular flexibility index (Phi) is 4.00. The van der Waals surface area contributed by atoms with Crippen molar-refractivity contribution in [2.75, 3.05) is 0 Å². The molecule has 0 aliphatic heterocycles. The first-order valence-electron chi connectivity index (χ1n) is 2.20. The van der Waals surface area contributed by atoms with Crippen molar-refractivity contribution in [2.24, 2.45) is 0 Å². The molecule has 0 aliphatic rings. The summed E-state index contributed by atoms with van der Waals surface area (Å²) >= 11 is 3.97. The van der Waals surface area contributed by atoms with E-state index in [-0.39, 0.29) is 19.8 Å². The second-order valence-corrected chi connectivity index (χ2v) is 1.86. The van der Waals surface area contributed by atoms with E-state index in [0.717, 1.165) is 0 Å². The molecule has 1 radical (unpaired) electrons. The molecule has 1 aromatic rings. The van der Waals surface area contributed by atoms with Gasteiger partial charge in [0.25, 0.3) is 0 Å². The molecule has 0 saturated heterocycles. The zero-order chi connectivity index (χ0) is 5.98. The van der Waals surface area contributed by atoms with Gasteiger partial charge in [0.1, 0.15) is 0 Å². The minimum atomic E-state index is 0. The van der Waals surface area contributed by atoms with Gasteiger partial charge in [-0.15, -0.1) is 6.07 Å². The van der Waals surface area contributed by atoms with E-state index in [1.807, 2.05) is 0 Å². The number of aryl methyl sites for hydroxylation is 1. The Bertz CT molecular complexity index is 175. The molecule has 0 bridgehead atoms. The van der Waals surface area contributed by atoms with E-state index < -0.39 is 0 Å². The van der Waals surface area contributed by atoms with Gasteiger partial charge in [0.05, 0.1) is 0 Å². The summed E-state index contributed by atoms with van der Waals surface area (Å²) in [4.78, 5) is 7.65. The fourth-order valence-electron chi connectivity index (χ4n) is 0.406. The molecule has 0 spiro atoms. The number of hydrogen-bond acceptors (Lipinski definition) is 3. The van der Waals surface area contributed by atoms with Crippen LogP contribution in [0.3, 0.4) is 0 Å². The number of aromatic nitrogens is 2. The van der Waals surface area contributed by atoms with Crippen LogP contribution in [0.5, 0.6) is 0 Å². The molecule has 4 heteroatoms. The summed E-state index contributed by atoms with van der Waals surface area (Å²) in [5, 5.41) is 0.664. The predicted octanol–water partition coefficient (Wildman–Crippen LogP) is 0.871. The second kappa shape index (κ2) is 3.97. The van der Waals surface area contributed by atoms with Crippen LogP contribution in [-0.2, 0) is 19.8 Å². The molecule has 9 heavy (non-hydrogen) atoms. The third kappa shape index (κ3) is 2.93. The van der Waals surface area contributed by atoms with Crippen molar-refractivity contribution in [3.05, 3.63) is 18.1 Å². The SMILES string of the molecule is Cc1n[c-]cc(S)n1.[Os+]. The maximum Gasteiger partial charge on any atom is 1.00 e. The molecule has 1 aromatic heterocycles. The van der Waals surface area contributed by atoms with Gasteiger partial charge in [-0.2, -0.15) is 12.6 Å². The number of rotatable bonds is 0. The molecule has 0 aromatic carbocycles. The number of hydrogen-bond donors (Lipinski definition) is 1. The Morgan fingerprint density at radius 2 is 2.33 bits per heavy atom. The third-order valence-corrected chi connectivity index (χ3v) is 0.925. The second-order valence-electron chi connectivity index (χ2n) is 1.40. The van der Waals surface area contributed by atoms with Crippen LogP contribution in [0.2, 0.25) is 0 Å². The standard InChI is InChI=1S/C5H5N2S.Os/c1-4-6-3-2-5(8)7-4;/h2H,1H3,(H,6,7,8);/q-1;+1. The Morgan fingerprint density at radius 1 is 1.67 bits per heavy atom. The zero-order valence-electron chi connectivity index (χ0n) is 4.77. The van der Waals surface area contributed by atoms with Crippen LogP contribution >= 0.6 is 12.6 Å². The quantitative estimate of drug-likeness (QED) is 0.437. The molecule has 1 heterocycles. The summed E-state index contributed by atoms with van der Waals surface area (Å²) in [6.07, 6.45) is 2.64. The Balaban J connectivity index is 0.000000640. The van der Waals surface area contributed by atoms with Gasteiger partial charge in [-0.05, 0) is 5.03 Å². The summed E-state index contributed by atoms with van der Waals surface area (Å²) in [6.45, 7) is 1.80. The molecule has 0 saturated carbocycles. The maximum atomic E-state index is 3.97. The predicted molar refractivity (Wildman–Crippen MR) is 32.9 cm³/mol. The Hall–Kier alpha value is 0.0664. The summed E-state index contributed by atoms with van der Waals surface area (Å²) in [5.41, 5.74) is 0. The van der Waals surface area contributed by atoms with Gasteiger partial charge in [-0.25, -0.2) is 0 Å². The van der Waals surface area contributed by atoms with Crippen molar-refractivity contribution in [2.45, 2.75) is 11.9 Å². The molecule has 2 nitrogen and oxygen atoms in total. The molecule has 0 fully saturated rings. The van der Waals surface area contributed by atoms with E-state index in [1.54, 1.807) is 13.0 Å². The van der Waals surface area contributed by atoms with Crippen molar-refractivity contribution in [3.63, 3.8) is 0 Å². The Labute approximate surface area is 72.6 Å². The van der Waals surface area contributed by atoms with Gasteiger partial charge in [-0.1, -0.05) is 13.1 Å². The largest absolute Gasteiger partial charge is 1.00 e. The van der Waals surface area contributed by atoms with Gasteiger partial charge >= 0.3 is 19.8 Å². The van der Waals surface area contributed by atoms with E-state index in [1.165, 1.54) is 0 Å². The van der Waals surface area contributed by atoms with Gasteiger partial charge in [0, 0.05) is 5.82 Å². The minimum Gasteiger partial charge on any atom is -0.373 e. The molecule has 0 N–H and O–H groups in total. The van der Waals surface area contributed by atoms with Crippen molar-refractivity contribution >= 4 is 12.6 Å². The van der Waals surface area contributed by atoms with E-state index in [9.17, 15) is 0 Å². The molecule has 0 amide bonds. The van der Waals surface area contributed by atoms with E-state index in [4.69, 9.17) is 0 Å². The smallest absolute Gasteiger partial charge is 0.373 e. The van der Waals surface area contributed by atoms with Crippen LogP contribution in [0, 0.1) is 13.1 Å². The summed E-state index contributed by atoms with van der Waals surface area (Å²) in [7, 11) is 0. The van der Waals surface area contributed by atoms with Crippen molar-refractivity contribution in [3.8, 4) is 0 Å². The molecule has 1 rings (SSSR count). The van der Waals surface area contributed by atoms with Crippen LogP contribution < -0.4 is 0 Å². The zero-order valence-corrected chi connectivity index (χ0v) is 8.21. The molecule has 0 atom stereocenters. The summed E-state index contributed by atoms with van der Waals surface area (Å²) in [6, 6.07) is 1.62. The van der Waals surface area contributed by atoms with Gasteiger partial charge in [-0.3, -0.25) is 0 Å². The minimum absolute atomic E-state index is 0. The fraction of sp³-hybridized carbons (Fsp3) is 0.200. The van der Waals surface area contributed by atoms with E-state index in [0.29, 0.717) is 10.9 Å². The third-order valence-electron chi connectivity index (χ3n) is 0.696. The van der Waals surface area contributed by atoms with E-state index in [2.05, 4.69) is 28.8 Å². The van der Waals surface area contributed by atoms with Crippen molar-refractivity contribution in [1.29, 1.82) is 0 Å². The van der Waals surface area contributed by atoms with Crippen LogP contribution in [0.1, 0.15) is 5.82 Å². The molecule has 0 unspecified atom stereocenters.